The van der Waals surface area contributed by atoms with Crippen LogP contribution >= 0.6 is 12.2 Å². The molecule has 0 spiro atoms. The quantitative estimate of drug-likeness (QED) is 0.421. The summed E-state index contributed by atoms with van der Waals surface area (Å²) in [5, 5.41) is 28.8. The number of aliphatic hydroxyl groups is 3. The minimum atomic E-state index is -1.26. The van der Waals surface area contributed by atoms with E-state index in [0.717, 1.165) is 0 Å². The Kier molecular flexibility index (Phi) is 3.18. The van der Waals surface area contributed by atoms with Crippen LogP contribution in [0.5, 0.6) is 0 Å². The lowest BCUT2D eigenvalue weighted by Gasteiger charge is -2.16. The van der Waals surface area contributed by atoms with Gasteiger partial charge in [-0.05, 0) is 0 Å². The SMILES string of the molecule is O=c1[nH]c(=S)c2ncn([C@@H]3O[C@@H](CO)[C@@H](O)[C@H]3O)c2[nH]1. The Morgan fingerprint density at radius 1 is 1.40 bits per heavy atom. The number of fused-ring (bicyclic) bond motifs is 1. The van der Waals surface area contributed by atoms with Gasteiger partial charge in [0.05, 0.1) is 12.9 Å². The van der Waals surface area contributed by atoms with Gasteiger partial charge in [-0.1, -0.05) is 12.2 Å². The first kappa shape index (κ1) is 13.4. The van der Waals surface area contributed by atoms with E-state index >= 15 is 0 Å². The largest absolute Gasteiger partial charge is 0.394 e. The third-order valence-electron chi connectivity index (χ3n) is 3.26. The summed E-state index contributed by atoms with van der Waals surface area (Å²) < 4.78 is 6.90. The first-order valence-corrected chi connectivity index (χ1v) is 6.25. The molecular weight excluding hydrogens is 288 g/mol. The van der Waals surface area contributed by atoms with E-state index in [-0.39, 0.29) is 10.3 Å². The minimum Gasteiger partial charge on any atom is -0.394 e. The molecule has 1 saturated heterocycles. The van der Waals surface area contributed by atoms with Crippen LogP contribution in [0.2, 0.25) is 0 Å². The van der Waals surface area contributed by atoms with Gasteiger partial charge in [-0.2, -0.15) is 0 Å². The summed E-state index contributed by atoms with van der Waals surface area (Å²) in [6.07, 6.45) is -3.03. The van der Waals surface area contributed by atoms with Gasteiger partial charge in [0.25, 0.3) is 0 Å². The molecule has 1 aliphatic heterocycles. The number of nitrogens with zero attached hydrogens (tertiary/aromatic N) is 2. The van der Waals surface area contributed by atoms with Crippen molar-refractivity contribution in [2.24, 2.45) is 0 Å². The molecule has 4 atom stereocenters. The third-order valence-corrected chi connectivity index (χ3v) is 3.55. The smallest absolute Gasteiger partial charge is 0.325 e. The molecular formula is C10H12N4O5S. The van der Waals surface area contributed by atoms with Crippen molar-refractivity contribution >= 4 is 23.4 Å². The molecule has 5 N–H and O–H groups in total. The topological polar surface area (TPSA) is 136 Å². The van der Waals surface area contributed by atoms with Crippen LogP contribution in [0.3, 0.4) is 0 Å². The summed E-state index contributed by atoms with van der Waals surface area (Å²) in [6.45, 7) is -0.433. The molecule has 0 unspecified atom stereocenters. The number of ether oxygens (including phenoxy) is 1. The molecule has 0 amide bonds. The summed E-state index contributed by atoms with van der Waals surface area (Å²) in [5.41, 5.74) is 0.0990. The van der Waals surface area contributed by atoms with Crippen molar-refractivity contribution < 1.29 is 20.1 Å². The van der Waals surface area contributed by atoms with Crippen LogP contribution in [0.4, 0.5) is 0 Å². The second kappa shape index (κ2) is 4.75. The lowest BCUT2D eigenvalue weighted by Crippen LogP contribution is -2.33. The van der Waals surface area contributed by atoms with E-state index in [1.165, 1.54) is 10.9 Å². The van der Waals surface area contributed by atoms with Crippen molar-refractivity contribution in [1.29, 1.82) is 0 Å². The van der Waals surface area contributed by atoms with Crippen LogP contribution in [-0.4, -0.2) is 59.8 Å². The number of imidazole rings is 1. The maximum atomic E-state index is 11.4. The van der Waals surface area contributed by atoms with E-state index in [9.17, 15) is 15.0 Å². The molecule has 10 heteroatoms. The molecule has 2 aromatic rings. The van der Waals surface area contributed by atoms with Crippen molar-refractivity contribution in [3.63, 3.8) is 0 Å². The van der Waals surface area contributed by atoms with Crippen LogP contribution in [0.15, 0.2) is 11.1 Å². The molecule has 108 valence electrons. The highest BCUT2D eigenvalue weighted by Crippen LogP contribution is 2.30. The van der Waals surface area contributed by atoms with Crippen molar-refractivity contribution in [3.05, 3.63) is 21.5 Å². The Labute approximate surface area is 116 Å². The van der Waals surface area contributed by atoms with Gasteiger partial charge < -0.3 is 20.1 Å². The summed E-state index contributed by atoms with van der Waals surface area (Å²) in [4.78, 5) is 20.4. The lowest BCUT2D eigenvalue weighted by atomic mass is 10.1. The Balaban J connectivity index is 2.12. The first-order chi connectivity index (χ1) is 9.52. The van der Waals surface area contributed by atoms with Crippen LogP contribution < -0.4 is 5.69 Å². The second-order valence-electron chi connectivity index (χ2n) is 4.49. The molecule has 9 nitrogen and oxygen atoms in total. The predicted molar refractivity (Wildman–Crippen MR) is 68.5 cm³/mol. The molecule has 0 bridgehead atoms. The number of nitrogens with one attached hydrogen (secondary N) is 2. The maximum absolute atomic E-state index is 11.4. The molecule has 2 aromatic heterocycles. The average molecular weight is 300 g/mol. The van der Waals surface area contributed by atoms with Gasteiger partial charge in [-0.25, -0.2) is 9.78 Å². The number of aromatic amines is 2. The monoisotopic (exact) mass is 300 g/mol. The van der Waals surface area contributed by atoms with Crippen molar-refractivity contribution in [3.8, 4) is 0 Å². The van der Waals surface area contributed by atoms with Gasteiger partial charge in [-0.3, -0.25) is 14.5 Å². The average Bonchev–Trinajstić information content (AvgIpc) is 2.93. The number of hydrogen-bond acceptors (Lipinski definition) is 7. The van der Waals surface area contributed by atoms with Gasteiger partial charge in [-0.15, -0.1) is 0 Å². The molecule has 0 radical (unpaired) electrons. The highest BCUT2D eigenvalue weighted by atomic mass is 32.1. The zero-order chi connectivity index (χ0) is 14.4. The van der Waals surface area contributed by atoms with E-state index in [1.54, 1.807) is 0 Å². The fraction of sp³-hybridized carbons (Fsp3) is 0.500. The number of H-pyrrole nitrogens is 2. The van der Waals surface area contributed by atoms with Crippen LogP contribution in [-0.2, 0) is 4.74 Å². The molecule has 0 aliphatic carbocycles. The van der Waals surface area contributed by atoms with Gasteiger partial charge in [0.15, 0.2) is 6.23 Å². The molecule has 20 heavy (non-hydrogen) atoms. The number of aliphatic hydroxyl groups excluding tert-OH is 3. The highest BCUT2D eigenvalue weighted by Gasteiger charge is 2.43. The zero-order valence-corrected chi connectivity index (χ0v) is 10.9. The summed E-state index contributed by atoms with van der Waals surface area (Å²) in [7, 11) is 0. The molecule has 1 fully saturated rings. The molecule has 0 aromatic carbocycles. The van der Waals surface area contributed by atoms with Crippen LogP contribution in [0.1, 0.15) is 6.23 Å². The number of aromatic nitrogens is 4. The van der Waals surface area contributed by atoms with E-state index in [4.69, 9.17) is 22.1 Å². The highest BCUT2D eigenvalue weighted by molar-refractivity contribution is 7.71. The lowest BCUT2D eigenvalue weighted by molar-refractivity contribution is -0.0511. The standard InChI is InChI=1S/C10H12N4O5S/c15-1-3-5(16)6(17)9(19-3)14-2-11-4-7(14)12-10(18)13-8(4)20/h2-3,5-6,9,15-17H,1H2,(H2,12,13,18,20)/t3-,5+,6+,9+/m0/s1. The van der Waals surface area contributed by atoms with Gasteiger partial charge >= 0.3 is 5.69 Å². The van der Waals surface area contributed by atoms with Crippen LogP contribution in [0.25, 0.3) is 11.2 Å². The summed E-state index contributed by atoms with van der Waals surface area (Å²) in [5.74, 6) is 0. The normalized spacial score (nSPS) is 30.1. The molecule has 0 saturated carbocycles. The minimum absolute atomic E-state index is 0.161. The number of rotatable bonds is 2. The Morgan fingerprint density at radius 3 is 2.80 bits per heavy atom. The Morgan fingerprint density at radius 2 is 2.15 bits per heavy atom. The molecule has 3 rings (SSSR count). The van der Waals surface area contributed by atoms with Gasteiger partial charge in [0, 0.05) is 0 Å². The predicted octanol–water partition coefficient (Wildman–Crippen LogP) is -1.61. The second-order valence-corrected chi connectivity index (χ2v) is 4.89. The van der Waals surface area contributed by atoms with Crippen molar-refractivity contribution in [2.45, 2.75) is 24.5 Å². The van der Waals surface area contributed by atoms with Crippen molar-refractivity contribution in [1.82, 2.24) is 19.5 Å². The first-order valence-electron chi connectivity index (χ1n) is 5.84. The fourth-order valence-corrected chi connectivity index (χ4v) is 2.50. The zero-order valence-electron chi connectivity index (χ0n) is 10.1. The fourth-order valence-electron chi connectivity index (χ4n) is 2.25. The van der Waals surface area contributed by atoms with E-state index in [0.29, 0.717) is 5.52 Å². The van der Waals surface area contributed by atoms with E-state index in [1.807, 2.05) is 0 Å². The maximum Gasteiger partial charge on any atom is 0.325 e. The van der Waals surface area contributed by atoms with Gasteiger partial charge in [0.1, 0.15) is 34.1 Å². The summed E-state index contributed by atoms with van der Waals surface area (Å²) >= 11 is 4.98. The van der Waals surface area contributed by atoms with E-state index in [2.05, 4.69) is 15.0 Å². The molecule has 3 heterocycles. The third kappa shape index (κ3) is 1.89. The van der Waals surface area contributed by atoms with E-state index < -0.39 is 36.8 Å². The Bertz CT molecular complexity index is 752. The Hall–Kier alpha value is -1.59. The summed E-state index contributed by atoms with van der Waals surface area (Å²) in [6, 6.07) is 0. The van der Waals surface area contributed by atoms with Crippen molar-refractivity contribution in [2.75, 3.05) is 6.61 Å². The molecule has 1 aliphatic rings. The number of hydrogen-bond donors (Lipinski definition) is 5. The van der Waals surface area contributed by atoms with Gasteiger partial charge in [0.2, 0.25) is 0 Å². The van der Waals surface area contributed by atoms with Crippen LogP contribution in [0, 0.1) is 4.64 Å².